The molecule has 0 heterocycles. The third-order valence-electron chi connectivity index (χ3n) is 2.60. The molecule has 1 N–H and O–H groups in total. The summed E-state index contributed by atoms with van der Waals surface area (Å²) in [6.07, 6.45) is 0. The fourth-order valence-electron chi connectivity index (χ4n) is 1.63. The van der Waals surface area contributed by atoms with Crippen molar-refractivity contribution in [1.82, 2.24) is 0 Å². The molecule has 0 fully saturated rings. The molecule has 5 nitrogen and oxygen atoms in total. The Labute approximate surface area is 103 Å². The summed E-state index contributed by atoms with van der Waals surface area (Å²) in [5, 5.41) is 20.1. The number of phenols is 1. The highest BCUT2D eigenvalue weighted by molar-refractivity contribution is 5.69. The van der Waals surface area contributed by atoms with E-state index in [4.69, 9.17) is 4.74 Å². The number of phenolic OH excluding ortho intramolecular Hbond substituents is 1. The van der Waals surface area contributed by atoms with E-state index in [1.165, 1.54) is 12.1 Å². The molecule has 0 aliphatic rings. The first-order valence-electron chi connectivity index (χ1n) is 5.23. The topological polar surface area (TPSA) is 72.6 Å². The highest BCUT2D eigenvalue weighted by Gasteiger charge is 2.14. The van der Waals surface area contributed by atoms with Gasteiger partial charge in [-0.25, -0.2) is 0 Å². The van der Waals surface area contributed by atoms with Crippen LogP contribution in [0.25, 0.3) is 11.1 Å². The second-order valence-electron chi connectivity index (χ2n) is 3.69. The van der Waals surface area contributed by atoms with E-state index in [9.17, 15) is 15.2 Å². The van der Waals surface area contributed by atoms with Crippen LogP contribution in [0.4, 0.5) is 5.69 Å². The van der Waals surface area contributed by atoms with E-state index in [2.05, 4.69) is 0 Å². The van der Waals surface area contributed by atoms with Crippen molar-refractivity contribution in [1.29, 1.82) is 0 Å². The first-order valence-corrected chi connectivity index (χ1v) is 5.23. The van der Waals surface area contributed by atoms with Gasteiger partial charge < -0.3 is 9.84 Å². The molecule has 0 aromatic heterocycles. The predicted molar refractivity (Wildman–Crippen MR) is 66.7 cm³/mol. The lowest BCUT2D eigenvalue weighted by Gasteiger charge is -2.04. The Morgan fingerprint density at radius 1 is 1.11 bits per heavy atom. The molecule has 2 rings (SSSR count). The number of nitro benzene ring substituents is 1. The van der Waals surface area contributed by atoms with E-state index in [0.29, 0.717) is 11.3 Å². The molecule has 2 aromatic rings. The maximum Gasteiger partial charge on any atom is 0.311 e. The Balaban J connectivity index is 2.44. The second kappa shape index (κ2) is 4.75. The fraction of sp³-hybridized carbons (Fsp3) is 0.0769. The van der Waals surface area contributed by atoms with E-state index in [1.807, 2.05) is 0 Å². The Bertz CT molecular complexity index is 578. The van der Waals surface area contributed by atoms with Crippen LogP contribution in [0.15, 0.2) is 42.5 Å². The average Bonchev–Trinajstić information content (AvgIpc) is 2.39. The van der Waals surface area contributed by atoms with Gasteiger partial charge in [-0.1, -0.05) is 18.2 Å². The van der Waals surface area contributed by atoms with Crippen LogP contribution in [0.3, 0.4) is 0 Å². The number of benzene rings is 2. The van der Waals surface area contributed by atoms with Crippen molar-refractivity contribution < 1.29 is 14.8 Å². The smallest absolute Gasteiger partial charge is 0.311 e. The number of ether oxygens (including phenoxy) is 1. The minimum atomic E-state index is -0.609. The van der Waals surface area contributed by atoms with Crippen LogP contribution in [0.1, 0.15) is 0 Å². The first-order chi connectivity index (χ1) is 8.61. The van der Waals surface area contributed by atoms with Gasteiger partial charge in [0.1, 0.15) is 5.75 Å². The highest BCUT2D eigenvalue weighted by atomic mass is 16.6. The maximum atomic E-state index is 10.7. The molecule has 0 atom stereocenters. The summed E-state index contributed by atoms with van der Waals surface area (Å²) in [5.74, 6) is 0.379. The van der Waals surface area contributed by atoms with Crippen molar-refractivity contribution in [3.63, 3.8) is 0 Å². The standard InChI is InChI=1S/C13H11NO4/c1-18-11-5-2-9(3-6-11)10-4-7-13(15)12(8-10)14(16)17/h2-8,15H,1H3. The summed E-state index contributed by atoms with van der Waals surface area (Å²) in [7, 11) is 1.57. The molecular formula is C13H11NO4. The van der Waals surface area contributed by atoms with E-state index >= 15 is 0 Å². The van der Waals surface area contributed by atoms with Crippen molar-refractivity contribution in [3.8, 4) is 22.6 Å². The summed E-state index contributed by atoms with van der Waals surface area (Å²) in [5.41, 5.74) is 1.18. The SMILES string of the molecule is COc1ccc(-c2ccc(O)c([N+](=O)[O-])c2)cc1. The van der Waals surface area contributed by atoms with Gasteiger partial charge in [0.05, 0.1) is 12.0 Å². The van der Waals surface area contributed by atoms with Crippen LogP contribution in [-0.4, -0.2) is 17.1 Å². The monoisotopic (exact) mass is 245 g/mol. The highest BCUT2D eigenvalue weighted by Crippen LogP contribution is 2.31. The summed E-state index contributed by atoms with van der Waals surface area (Å²) in [4.78, 5) is 10.1. The lowest BCUT2D eigenvalue weighted by Crippen LogP contribution is -1.89. The third-order valence-corrected chi connectivity index (χ3v) is 2.60. The van der Waals surface area contributed by atoms with Crippen LogP contribution < -0.4 is 4.74 Å². The second-order valence-corrected chi connectivity index (χ2v) is 3.69. The maximum absolute atomic E-state index is 10.7. The van der Waals surface area contributed by atoms with Crippen LogP contribution in [0, 0.1) is 10.1 Å². The molecule has 2 aromatic carbocycles. The Morgan fingerprint density at radius 3 is 2.28 bits per heavy atom. The normalized spacial score (nSPS) is 10.1. The first kappa shape index (κ1) is 11.9. The zero-order valence-corrected chi connectivity index (χ0v) is 9.66. The Morgan fingerprint density at radius 2 is 1.72 bits per heavy atom. The average molecular weight is 245 g/mol. The van der Waals surface area contributed by atoms with Gasteiger partial charge >= 0.3 is 5.69 Å². The molecule has 0 spiro atoms. The number of hydrogen-bond acceptors (Lipinski definition) is 4. The summed E-state index contributed by atoms with van der Waals surface area (Å²) in [6.45, 7) is 0. The number of nitro groups is 1. The lowest BCUT2D eigenvalue weighted by molar-refractivity contribution is -0.385. The van der Waals surface area contributed by atoms with Gasteiger partial charge in [0.25, 0.3) is 0 Å². The largest absolute Gasteiger partial charge is 0.502 e. The quantitative estimate of drug-likeness (QED) is 0.666. The molecule has 0 radical (unpaired) electrons. The van der Waals surface area contributed by atoms with Gasteiger partial charge in [-0.05, 0) is 29.3 Å². The Kier molecular flexibility index (Phi) is 3.14. The van der Waals surface area contributed by atoms with Crippen molar-refractivity contribution in [2.45, 2.75) is 0 Å². The number of aromatic hydroxyl groups is 1. The molecule has 92 valence electrons. The van der Waals surface area contributed by atoms with E-state index in [-0.39, 0.29) is 11.4 Å². The number of hydrogen-bond donors (Lipinski definition) is 1. The number of rotatable bonds is 3. The summed E-state index contributed by atoms with van der Waals surface area (Å²) < 4.78 is 5.04. The molecule has 0 aliphatic heterocycles. The van der Waals surface area contributed by atoms with Crippen LogP contribution >= 0.6 is 0 Å². The summed E-state index contributed by atoms with van der Waals surface area (Å²) >= 11 is 0. The van der Waals surface area contributed by atoms with Crippen molar-refractivity contribution in [2.24, 2.45) is 0 Å². The molecule has 0 saturated carbocycles. The van der Waals surface area contributed by atoms with Gasteiger partial charge in [-0.3, -0.25) is 10.1 Å². The minimum Gasteiger partial charge on any atom is -0.502 e. The van der Waals surface area contributed by atoms with Crippen molar-refractivity contribution in [3.05, 3.63) is 52.6 Å². The van der Waals surface area contributed by atoms with Gasteiger partial charge in [0.2, 0.25) is 0 Å². The van der Waals surface area contributed by atoms with Gasteiger partial charge in [0.15, 0.2) is 5.75 Å². The molecule has 0 aliphatic carbocycles. The minimum absolute atomic E-state index is 0.302. The van der Waals surface area contributed by atoms with Gasteiger partial charge in [-0.15, -0.1) is 0 Å². The summed E-state index contributed by atoms with van der Waals surface area (Å²) in [6, 6.07) is 11.4. The van der Waals surface area contributed by atoms with Crippen molar-refractivity contribution >= 4 is 5.69 Å². The number of methoxy groups -OCH3 is 1. The molecule has 0 bridgehead atoms. The fourth-order valence-corrected chi connectivity index (χ4v) is 1.63. The van der Waals surface area contributed by atoms with Crippen LogP contribution in [0.2, 0.25) is 0 Å². The van der Waals surface area contributed by atoms with E-state index < -0.39 is 4.92 Å². The van der Waals surface area contributed by atoms with Crippen LogP contribution in [-0.2, 0) is 0 Å². The Hall–Kier alpha value is -2.56. The molecule has 5 heteroatoms. The van der Waals surface area contributed by atoms with Crippen molar-refractivity contribution in [2.75, 3.05) is 7.11 Å². The molecule has 0 unspecified atom stereocenters. The number of nitrogens with zero attached hydrogens (tertiary/aromatic N) is 1. The molecular weight excluding hydrogens is 234 g/mol. The van der Waals surface area contributed by atoms with E-state index in [0.717, 1.165) is 5.56 Å². The van der Waals surface area contributed by atoms with Crippen LogP contribution in [0.5, 0.6) is 11.5 Å². The molecule has 0 saturated heterocycles. The zero-order chi connectivity index (χ0) is 13.1. The predicted octanol–water partition coefficient (Wildman–Crippen LogP) is 2.98. The van der Waals surface area contributed by atoms with Gasteiger partial charge in [0, 0.05) is 6.07 Å². The third kappa shape index (κ3) is 2.24. The van der Waals surface area contributed by atoms with E-state index in [1.54, 1.807) is 37.4 Å². The molecule has 0 amide bonds. The lowest BCUT2D eigenvalue weighted by atomic mass is 10.0. The van der Waals surface area contributed by atoms with Gasteiger partial charge in [-0.2, -0.15) is 0 Å². The zero-order valence-electron chi connectivity index (χ0n) is 9.66. The molecule has 18 heavy (non-hydrogen) atoms.